The maximum Gasteiger partial charge on any atom is 0.259 e. The summed E-state index contributed by atoms with van der Waals surface area (Å²) < 4.78 is 11.9. The number of benzene rings is 2. The first-order valence-electron chi connectivity index (χ1n) is 11.1. The number of ketones is 1. The lowest BCUT2D eigenvalue weighted by molar-refractivity contribution is -0.123. The molecule has 9 nitrogen and oxygen atoms in total. The van der Waals surface area contributed by atoms with Gasteiger partial charge in [-0.15, -0.1) is 0 Å². The molecule has 1 aliphatic heterocycles. The average molecular weight is 492 g/mol. The van der Waals surface area contributed by atoms with E-state index < -0.39 is 0 Å². The lowest BCUT2D eigenvalue weighted by atomic mass is 9.94. The number of hydrogen-bond acceptors (Lipinski definition) is 8. The van der Waals surface area contributed by atoms with Crippen molar-refractivity contribution in [3.63, 3.8) is 0 Å². The number of nitrogens with zero attached hydrogens (tertiary/aromatic N) is 3. The second-order valence-electron chi connectivity index (χ2n) is 8.21. The molecule has 0 bridgehead atoms. The van der Waals surface area contributed by atoms with E-state index in [-0.39, 0.29) is 30.2 Å². The molecule has 3 heterocycles. The van der Waals surface area contributed by atoms with E-state index >= 15 is 0 Å². The smallest absolute Gasteiger partial charge is 0.259 e. The lowest BCUT2D eigenvalue weighted by Crippen LogP contribution is -2.47. The largest absolute Gasteiger partial charge is 0.436 e. The van der Waals surface area contributed by atoms with Gasteiger partial charge in [-0.3, -0.25) is 14.2 Å². The number of ether oxygens (including phenoxy) is 1. The van der Waals surface area contributed by atoms with Gasteiger partial charge in [-0.1, -0.05) is 23.7 Å². The Hall–Kier alpha value is -3.95. The summed E-state index contributed by atoms with van der Waals surface area (Å²) in [6.45, 7) is 1.58. The van der Waals surface area contributed by atoms with Crippen LogP contribution in [0.25, 0.3) is 0 Å². The van der Waals surface area contributed by atoms with Gasteiger partial charge in [0, 0.05) is 54.0 Å². The zero-order valence-corrected chi connectivity index (χ0v) is 19.4. The van der Waals surface area contributed by atoms with Gasteiger partial charge in [-0.25, -0.2) is 4.98 Å². The summed E-state index contributed by atoms with van der Waals surface area (Å²) in [5.74, 6) is 1.29. The predicted octanol–water partition coefficient (Wildman–Crippen LogP) is 3.80. The molecule has 0 atom stereocenters. The highest BCUT2D eigenvalue weighted by Crippen LogP contribution is 2.23. The quantitative estimate of drug-likeness (QED) is 0.363. The van der Waals surface area contributed by atoms with Crippen LogP contribution in [-0.4, -0.2) is 33.6 Å². The van der Waals surface area contributed by atoms with Gasteiger partial charge in [0.05, 0.1) is 6.54 Å². The van der Waals surface area contributed by atoms with Crippen molar-refractivity contribution in [3.05, 3.63) is 93.6 Å². The summed E-state index contributed by atoms with van der Waals surface area (Å²) in [5.41, 5.74) is 1.70. The van der Waals surface area contributed by atoms with E-state index in [2.05, 4.69) is 20.8 Å². The third-order valence-corrected chi connectivity index (χ3v) is 5.97. The summed E-state index contributed by atoms with van der Waals surface area (Å²) >= 11 is 6.02. The molecule has 2 aromatic carbocycles. The number of Topliss-reactive ketones (excluding diaryl/α,β-unsaturated/α-hetero) is 1. The highest BCUT2D eigenvalue weighted by Gasteiger charge is 2.26. The minimum Gasteiger partial charge on any atom is -0.436 e. The molecule has 0 unspecified atom stereocenters. The van der Waals surface area contributed by atoms with Crippen LogP contribution in [0.2, 0.25) is 5.02 Å². The Morgan fingerprint density at radius 1 is 1.14 bits per heavy atom. The van der Waals surface area contributed by atoms with Crippen LogP contribution in [0.1, 0.15) is 11.1 Å². The first-order valence-corrected chi connectivity index (χ1v) is 11.4. The summed E-state index contributed by atoms with van der Waals surface area (Å²) in [5, 5.41) is 10.6. The van der Waals surface area contributed by atoms with Gasteiger partial charge in [-0.05, 0) is 47.1 Å². The molecular weight excluding hydrogens is 470 g/mol. The topological polar surface area (TPSA) is 111 Å². The van der Waals surface area contributed by atoms with Gasteiger partial charge in [0.15, 0.2) is 0 Å². The highest BCUT2D eigenvalue weighted by atomic mass is 35.5. The van der Waals surface area contributed by atoms with Crippen LogP contribution in [-0.2, 0) is 17.8 Å². The first-order chi connectivity index (χ1) is 17.0. The molecule has 4 aromatic rings. The minimum absolute atomic E-state index is 0.0455. The van der Waals surface area contributed by atoms with Crippen LogP contribution in [0.15, 0.2) is 76.4 Å². The van der Waals surface area contributed by atoms with Crippen LogP contribution >= 0.6 is 11.6 Å². The highest BCUT2D eigenvalue weighted by molar-refractivity contribution is 6.30. The standard InChI is InChI=1S/C25H22ClN5O4/c26-19-3-1-16(2-4-19)15-31-24(33)17(11-22(32)18-12-27-13-18)14-28-25(31)29-20-5-7-21(8-6-20)35-23-9-10-34-30-23/h1-10,14,18,27H,11-13,15H2,(H,28,29). The summed E-state index contributed by atoms with van der Waals surface area (Å²) in [6.07, 6.45) is 2.97. The molecule has 2 N–H and O–H groups in total. The molecular formula is C25H22ClN5O4. The molecule has 1 saturated heterocycles. The number of nitrogens with one attached hydrogen (secondary N) is 2. The van der Waals surface area contributed by atoms with Gasteiger partial charge in [0.1, 0.15) is 17.8 Å². The molecule has 5 rings (SSSR count). The zero-order valence-electron chi connectivity index (χ0n) is 18.6. The Labute approximate surface area is 205 Å². The Bertz CT molecular complexity index is 1360. The van der Waals surface area contributed by atoms with E-state index in [1.54, 1.807) is 42.5 Å². The fourth-order valence-corrected chi connectivity index (χ4v) is 3.76. The number of rotatable bonds is 9. The van der Waals surface area contributed by atoms with Crippen molar-refractivity contribution < 1.29 is 14.1 Å². The third kappa shape index (κ3) is 5.42. The van der Waals surface area contributed by atoms with Crippen molar-refractivity contribution in [2.45, 2.75) is 13.0 Å². The normalized spacial score (nSPS) is 13.3. The first kappa shape index (κ1) is 22.8. The molecule has 0 spiro atoms. The van der Waals surface area contributed by atoms with E-state index in [9.17, 15) is 9.59 Å². The SMILES string of the molecule is O=C(Cc1cnc(Nc2ccc(Oc3ccon3)cc2)n(Cc2ccc(Cl)cc2)c1=O)C1CNC1. The van der Waals surface area contributed by atoms with Crippen LogP contribution in [0, 0.1) is 5.92 Å². The molecule has 35 heavy (non-hydrogen) atoms. The Balaban J connectivity index is 1.41. The lowest BCUT2D eigenvalue weighted by Gasteiger charge is -2.25. The van der Waals surface area contributed by atoms with Crippen LogP contribution in [0.5, 0.6) is 11.6 Å². The third-order valence-electron chi connectivity index (χ3n) is 5.72. The van der Waals surface area contributed by atoms with Crippen molar-refractivity contribution >= 4 is 29.0 Å². The van der Waals surface area contributed by atoms with Crippen LogP contribution < -0.4 is 20.9 Å². The van der Waals surface area contributed by atoms with E-state index in [4.69, 9.17) is 20.9 Å². The number of carbonyl (C=O) groups is 1. The Morgan fingerprint density at radius 3 is 2.57 bits per heavy atom. The monoisotopic (exact) mass is 491 g/mol. The molecule has 10 heteroatoms. The second kappa shape index (κ2) is 10.1. The van der Waals surface area contributed by atoms with Crippen LogP contribution in [0.3, 0.4) is 0 Å². The molecule has 1 aliphatic rings. The zero-order chi connectivity index (χ0) is 24.2. The summed E-state index contributed by atoms with van der Waals surface area (Å²) in [7, 11) is 0. The van der Waals surface area contributed by atoms with E-state index in [1.807, 2.05) is 12.1 Å². The molecule has 1 fully saturated rings. The Kier molecular flexibility index (Phi) is 6.60. The van der Waals surface area contributed by atoms with Gasteiger partial charge >= 0.3 is 0 Å². The molecule has 0 amide bonds. The van der Waals surface area contributed by atoms with Gasteiger partial charge in [0.2, 0.25) is 5.95 Å². The summed E-state index contributed by atoms with van der Waals surface area (Å²) in [6, 6.07) is 16.0. The van der Waals surface area contributed by atoms with Gasteiger partial charge in [-0.2, -0.15) is 0 Å². The Morgan fingerprint density at radius 2 is 1.91 bits per heavy atom. The number of aromatic nitrogens is 3. The van der Waals surface area contributed by atoms with E-state index in [0.29, 0.717) is 46.9 Å². The fourth-order valence-electron chi connectivity index (χ4n) is 3.63. The van der Waals surface area contributed by atoms with Gasteiger partial charge in [0.25, 0.3) is 11.4 Å². The van der Waals surface area contributed by atoms with Crippen molar-refractivity contribution in [1.29, 1.82) is 0 Å². The van der Waals surface area contributed by atoms with Crippen molar-refractivity contribution in [2.75, 3.05) is 18.4 Å². The number of carbonyl (C=O) groups excluding carboxylic acids is 1. The van der Waals surface area contributed by atoms with Crippen molar-refractivity contribution in [2.24, 2.45) is 5.92 Å². The number of halogens is 1. The molecule has 0 aliphatic carbocycles. The van der Waals surface area contributed by atoms with Crippen LogP contribution in [0.4, 0.5) is 11.6 Å². The predicted molar refractivity (Wildman–Crippen MR) is 130 cm³/mol. The maximum absolute atomic E-state index is 13.4. The summed E-state index contributed by atoms with van der Waals surface area (Å²) in [4.78, 5) is 30.4. The van der Waals surface area contributed by atoms with E-state index in [1.165, 1.54) is 17.0 Å². The molecule has 2 aromatic heterocycles. The molecule has 0 radical (unpaired) electrons. The fraction of sp³-hybridized carbons (Fsp3) is 0.200. The van der Waals surface area contributed by atoms with Gasteiger partial charge < -0.3 is 19.9 Å². The van der Waals surface area contributed by atoms with Crippen molar-refractivity contribution in [1.82, 2.24) is 20.0 Å². The number of anilines is 2. The molecule has 0 saturated carbocycles. The molecule has 178 valence electrons. The van der Waals surface area contributed by atoms with E-state index in [0.717, 1.165) is 5.56 Å². The minimum atomic E-state index is -0.260. The average Bonchev–Trinajstić information content (AvgIpc) is 3.32. The maximum atomic E-state index is 13.4. The van der Waals surface area contributed by atoms with Crippen molar-refractivity contribution in [3.8, 4) is 11.6 Å². The second-order valence-corrected chi connectivity index (χ2v) is 8.65. The number of hydrogen-bond donors (Lipinski definition) is 2.